The molecule has 1 aromatic carbocycles. The van der Waals surface area contributed by atoms with Gasteiger partial charge in [0.25, 0.3) is 0 Å². The molecule has 0 aliphatic rings. The Balaban J connectivity index is 2.44. The molecule has 14 heavy (non-hydrogen) atoms. The number of hydrogen-bond acceptors (Lipinski definition) is 2. The molecule has 4 heteroatoms. The molecule has 1 heterocycles. The Labute approximate surface area is 96.1 Å². The highest BCUT2D eigenvalue weighted by atomic mass is 127. The van der Waals surface area contributed by atoms with E-state index in [0.717, 1.165) is 11.3 Å². The monoisotopic (exact) mass is 299 g/mol. The fourth-order valence-electron chi connectivity index (χ4n) is 1.24. The number of nitrogens with zero attached hydrogens (tertiary/aromatic N) is 2. The quantitative estimate of drug-likeness (QED) is 0.821. The molecule has 2 aromatic rings. The Morgan fingerprint density at radius 3 is 2.43 bits per heavy atom. The number of aryl methyl sites for hydroxylation is 1. The number of halogens is 1. The number of nitrogen functional groups attached to an aromatic ring is 1. The van der Waals surface area contributed by atoms with E-state index in [9.17, 15) is 0 Å². The van der Waals surface area contributed by atoms with Crippen molar-refractivity contribution in [2.24, 2.45) is 7.05 Å². The van der Waals surface area contributed by atoms with Crippen LogP contribution in [0, 0.1) is 3.57 Å². The average molecular weight is 299 g/mol. The molecule has 0 unspecified atom stereocenters. The molecule has 72 valence electrons. The molecule has 0 saturated carbocycles. The summed E-state index contributed by atoms with van der Waals surface area (Å²) in [7, 11) is 1.84. The molecular weight excluding hydrogens is 289 g/mol. The molecule has 0 saturated heterocycles. The van der Waals surface area contributed by atoms with Gasteiger partial charge in [0.05, 0.1) is 5.69 Å². The van der Waals surface area contributed by atoms with Crippen molar-refractivity contribution in [1.82, 2.24) is 9.78 Å². The Morgan fingerprint density at radius 1 is 1.29 bits per heavy atom. The van der Waals surface area contributed by atoms with Crippen LogP contribution in [0.1, 0.15) is 0 Å². The molecule has 1 aromatic heterocycles. The standard InChI is InChI=1S/C10H10IN3/c1-14-10(12)6-9(13-14)7-2-4-8(11)5-3-7/h2-6H,12H2,1H3. The van der Waals surface area contributed by atoms with Gasteiger partial charge < -0.3 is 5.73 Å². The van der Waals surface area contributed by atoms with Crippen molar-refractivity contribution in [1.29, 1.82) is 0 Å². The van der Waals surface area contributed by atoms with Crippen LogP contribution >= 0.6 is 22.6 Å². The van der Waals surface area contributed by atoms with Crippen LogP contribution in [-0.4, -0.2) is 9.78 Å². The van der Waals surface area contributed by atoms with Crippen LogP contribution in [0.3, 0.4) is 0 Å². The Bertz CT molecular complexity index is 425. The van der Waals surface area contributed by atoms with Gasteiger partial charge in [0, 0.05) is 22.2 Å². The maximum absolute atomic E-state index is 5.71. The van der Waals surface area contributed by atoms with E-state index < -0.39 is 0 Å². The predicted octanol–water partition coefficient (Wildman–Crippen LogP) is 2.27. The van der Waals surface area contributed by atoms with Crippen molar-refractivity contribution in [2.75, 3.05) is 5.73 Å². The Kier molecular flexibility index (Phi) is 2.45. The minimum atomic E-state index is 0.679. The topological polar surface area (TPSA) is 43.8 Å². The number of benzene rings is 1. The summed E-state index contributed by atoms with van der Waals surface area (Å²) >= 11 is 2.28. The Hall–Kier alpha value is -1.04. The van der Waals surface area contributed by atoms with E-state index >= 15 is 0 Å². The van der Waals surface area contributed by atoms with Crippen molar-refractivity contribution in [3.8, 4) is 11.3 Å². The SMILES string of the molecule is Cn1nc(-c2ccc(I)cc2)cc1N. The van der Waals surface area contributed by atoms with E-state index in [4.69, 9.17) is 5.73 Å². The van der Waals surface area contributed by atoms with Crippen molar-refractivity contribution >= 4 is 28.4 Å². The van der Waals surface area contributed by atoms with Gasteiger partial charge in [0.1, 0.15) is 5.82 Å². The van der Waals surface area contributed by atoms with Crippen LogP contribution in [0.2, 0.25) is 0 Å². The van der Waals surface area contributed by atoms with Crippen LogP contribution in [0.5, 0.6) is 0 Å². The van der Waals surface area contributed by atoms with E-state index in [0.29, 0.717) is 5.82 Å². The van der Waals surface area contributed by atoms with Crippen molar-refractivity contribution < 1.29 is 0 Å². The smallest absolute Gasteiger partial charge is 0.121 e. The molecule has 2 rings (SSSR count). The summed E-state index contributed by atoms with van der Waals surface area (Å²) in [4.78, 5) is 0. The van der Waals surface area contributed by atoms with Gasteiger partial charge in [-0.15, -0.1) is 0 Å². The number of aromatic nitrogens is 2. The molecule has 3 nitrogen and oxygen atoms in total. The summed E-state index contributed by atoms with van der Waals surface area (Å²) in [5.41, 5.74) is 7.72. The van der Waals surface area contributed by atoms with Crippen LogP contribution in [0.25, 0.3) is 11.3 Å². The molecule has 2 N–H and O–H groups in total. The van der Waals surface area contributed by atoms with Crippen molar-refractivity contribution in [2.45, 2.75) is 0 Å². The van der Waals surface area contributed by atoms with E-state index in [2.05, 4.69) is 39.8 Å². The van der Waals surface area contributed by atoms with Gasteiger partial charge in [-0.05, 0) is 34.7 Å². The molecule has 0 amide bonds. The highest BCUT2D eigenvalue weighted by Crippen LogP contribution is 2.20. The summed E-state index contributed by atoms with van der Waals surface area (Å²) < 4.78 is 2.89. The summed E-state index contributed by atoms with van der Waals surface area (Å²) in [5, 5.41) is 4.30. The zero-order valence-electron chi connectivity index (χ0n) is 7.74. The third-order valence-corrected chi connectivity index (χ3v) is 2.78. The van der Waals surface area contributed by atoms with Crippen molar-refractivity contribution in [3.05, 3.63) is 33.9 Å². The maximum atomic E-state index is 5.71. The lowest BCUT2D eigenvalue weighted by atomic mass is 10.2. The lowest BCUT2D eigenvalue weighted by molar-refractivity contribution is 0.782. The van der Waals surface area contributed by atoms with Gasteiger partial charge in [0.15, 0.2) is 0 Å². The number of nitrogens with two attached hydrogens (primary N) is 1. The fraction of sp³-hybridized carbons (Fsp3) is 0.100. The number of hydrogen-bond donors (Lipinski definition) is 1. The van der Waals surface area contributed by atoms with Crippen LogP contribution in [-0.2, 0) is 7.05 Å². The number of rotatable bonds is 1. The van der Waals surface area contributed by atoms with Crippen molar-refractivity contribution in [3.63, 3.8) is 0 Å². The van der Waals surface area contributed by atoms with Gasteiger partial charge in [-0.25, -0.2) is 0 Å². The zero-order chi connectivity index (χ0) is 10.1. The highest BCUT2D eigenvalue weighted by molar-refractivity contribution is 14.1. The second-order valence-corrected chi connectivity index (χ2v) is 4.33. The van der Waals surface area contributed by atoms with Gasteiger partial charge in [-0.1, -0.05) is 12.1 Å². The normalized spacial score (nSPS) is 10.4. The summed E-state index contributed by atoms with van der Waals surface area (Å²) in [5.74, 6) is 0.679. The van der Waals surface area contributed by atoms with Gasteiger partial charge in [-0.2, -0.15) is 5.10 Å². The fourth-order valence-corrected chi connectivity index (χ4v) is 1.60. The zero-order valence-corrected chi connectivity index (χ0v) is 9.89. The second-order valence-electron chi connectivity index (χ2n) is 3.08. The predicted molar refractivity (Wildman–Crippen MR) is 65.8 cm³/mol. The lowest BCUT2D eigenvalue weighted by Gasteiger charge is -1.95. The molecule has 0 spiro atoms. The van der Waals surface area contributed by atoms with Gasteiger partial charge in [0.2, 0.25) is 0 Å². The van der Waals surface area contributed by atoms with Crippen LogP contribution < -0.4 is 5.73 Å². The van der Waals surface area contributed by atoms with E-state index in [1.54, 1.807) is 4.68 Å². The minimum absolute atomic E-state index is 0.679. The van der Waals surface area contributed by atoms with E-state index in [-0.39, 0.29) is 0 Å². The van der Waals surface area contributed by atoms with Gasteiger partial charge in [-0.3, -0.25) is 4.68 Å². The largest absolute Gasteiger partial charge is 0.384 e. The highest BCUT2D eigenvalue weighted by Gasteiger charge is 2.03. The molecule has 0 bridgehead atoms. The van der Waals surface area contributed by atoms with E-state index in [1.165, 1.54) is 3.57 Å². The molecule has 0 atom stereocenters. The van der Waals surface area contributed by atoms with Gasteiger partial charge >= 0.3 is 0 Å². The first-order valence-electron chi connectivity index (χ1n) is 4.22. The first kappa shape index (κ1) is 9.51. The average Bonchev–Trinajstić information content (AvgIpc) is 2.48. The van der Waals surface area contributed by atoms with Crippen LogP contribution in [0.4, 0.5) is 5.82 Å². The minimum Gasteiger partial charge on any atom is -0.384 e. The third-order valence-electron chi connectivity index (χ3n) is 2.06. The summed E-state index contributed by atoms with van der Waals surface area (Å²) in [6, 6.07) is 10.1. The summed E-state index contributed by atoms with van der Waals surface area (Å²) in [6.07, 6.45) is 0. The first-order chi connectivity index (χ1) is 6.66. The summed E-state index contributed by atoms with van der Waals surface area (Å²) in [6.45, 7) is 0. The molecular formula is C10H10IN3. The second kappa shape index (κ2) is 3.61. The first-order valence-corrected chi connectivity index (χ1v) is 5.30. The molecule has 0 aliphatic carbocycles. The molecule has 0 fully saturated rings. The number of anilines is 1. The van der Waals surface area contributed by atoms with E-state index in [1.807, 2.05) is 25.2 Å². The molecule has 0 aliphatic heterocycles. The maximum Gasteiger partial charge on any atom is 0.121 e. The Morgan fingerprint density at radius 2 is 1.93 bits per heavy atom. The molecule has 0 radical (unpaired) electrons. The third kappa shape index (κ3) is 1.75. The van der Waals surface area contributed by atoms with Crippen LogP contribution in [0.15, 0.2) is 30.3 Å². The lowest BCUT2D eigenvalue weighted by Crippen LogP contribution is -1.96.